The van der Waals surface area contributed by atoms with Crippen molar-refractivity contribution in [3.05, 3.63) is 18.6 Å². The van der Waals surface area contributed by atoms with Crippen molar-refractivity contribution in [2.75, 3.05) is 37.3 Å². The number of rotatable bonds is 8. The SMILES string of the molecule is CS(=O)(=O)NC(CC1CCN(C2CCCC3C2OC(=O)N3C2CCN(c3ccncn3)CC2)CC1)C(=O)O. The number of anilines is 1. The standard InChI is InChI=1S/C25H38N6O6S/c1-38(35,36)28-19(24(32)33)15-17-6-11-29(12-7-17)20-3-2-4-21-23(20)37-25(34)31(21)18-8-13-30(14-9-18)22-5-10-26-16-27-22/h5,10,16-21,23,28H,2-4,6-9,11-15H2,1H3,(H,32,33). The molecule has 1 aliphatic carbocycles. The van der Waals surface area contributed by atoms with Crippen molar-refractivity contribution in [1.29, 1.82) is 0 Å². The topological polar surface area (TPSA) is 145 Å². The van der Waals surface area contributed by atoms with Crippen molar-refractivity contribution < 1.29 is 27.9 Å². The second-order valence-electron chi connectivity index (χ2n) is 11.1. The molecule has 12 nitrogen and oxygen atoms in total. The molecule has 3 aliphatic heterocycles. The number of hydrogen-bond donors (Lipinski definition) is 2. The van der Waals surface area contributed by atoms with Crippen molar-refractivity contribution in [3.63, 3.8) is 0 Å². The number of aromatic nitrogens is 2. The van der Waals surface area contributed by atoms with Gasteiger partial charge >= 0.3 is 12.1 Å². The lowest BCUT2D eigenvalue weighted by atomic mass is 9.83. The van der Waals surface area contributed by atoms with Crippen LogP contribution in [0.4, 0.5) is 10.6 Å². The van der Waals surface area contributed by atoms with E-state index in [0.29, 0.717) is 0 Å². The third-order valence-electron chi connectivity index (χ3n) is 8.65. The van der Waals surface area contributed by atoms with Crippen LogP contribution in [-0.2, 0) is 19.6 Å². The van der Waals surface area contributed by atoms with E-state index in [1.807, 2.05) is 11.0 Å². The summed E-state index contributed by atoms with van der Waals surface area (Å²) in [7, 11) is -3.60. The second kappa shape index (κ2) is 11.3. The van der Waals surface area contributed by atoms with E-state index in [2.05, 4.69) is 24.5 Å². The van der Waals surface area contributed by atoms with Gasteiger partial charge in [0.2, 0.25) is 10.0 Å². The zero-order valence-corrected chi connectivity index (χ0v) is 22.6. The number of carboxylic acid groups (broad SMARTS) is 1. The summed E-state index contributed by atoms with van der Waals surface area (Å²) in [5, 5.41) is 9.46. The Hall–Kier alpha value is -2.51. The molecule has 4 heterocycles. The van der Waals surface area contributed by atoms with Crippen LogP contribution < -0.4 is 9.62 Å². The molecule has 210 valence electrons. The number of carbonyl (C=O) groups is 2. The number of carboxylic acids is 1. The number of fused-ring (bicyclic) bond motifs is 1. The van der Waals surface area contributed by atoms with E-state index in [-0.39, 0.29) is 42.7 Å². The van der Waals surface area contributed by atoms with Crippen LogP contribution in [0.5, 0.6) is 0 Å². The van der Waals surface area contributed by atoms with Crippen LogP contribution in [0, 0.1) is 5.92 Å². The highest BCUT2D eigenvalue weighted by atomic mass is 32.2. The maximum absolute atomic E-state index is 13.1. The first-order valence-corrected chi connectivity index (χ1v) is 15.5. The number of piperidine rings is 2. The number of ether oxygens (including phenoxy) is 1. The molecule has 4 unspecified atom stereocenters. The minimum Gasteiger partial charge on any atom is -0.480 e. The molecule has 0 bridgehead atoms. The zero-order chi connectivity index (χ0) is 26.9. The Kier molecular flexibility index (Phi) is 8.06. The molecule has 13 heteroatoms. The van der Waals surface area contributed by atoms with Gasteiger partial charge in [-0.15, -0.1) is 0 Å². The number of likely N-dealkylation sites (tertiary alicyclic amines) is 1. The number of hydrogen-bond acceptors (Lipinski definition) is 9. The molecule has 1 amide bonds. The summed E-state index contributed by atoms with van der Waals surface area (Å²) < 4.78 is 31.4. The van der Waals surface area contributed by atoms with E-state index in [1.54, 1.807) is 12.5 Å². The van der Waals surface area contributed by atoms with E-state index in [1.165, 1.54) is 0 Å². The first-order chi connectivity index (χ1) is 18.2. The van der Waals surface area contributed by atoms with E-state index in [9.17, 15) is 23.1 Å². The van der Waals surface area contributed by atoms with Crippen LogP contribution >= 0.6 is 0 Å². The Morgan fingerprint density at radius 3 is 2.47 bits per heavy atom. The highest BCUT2D eigenvalue weighted by Crippen LogP contribution is 2.39. The van der Waals surface area contributed by atoms with Crippen LogP contribution in [0.2, 0.25) is 0 Å². The molecule has 5 rings (SSSR count). The molecule has 1 aromatic rings. The van der Waals surface area contributed by atoms with Crippen LogP contribution in [0.15, 0.2) is 18.6 Å². The lowest BCUT2D eigenvalue weighted by Gasteiger charge is -2.45. The summed E-state index contributed by atoms with van der Waals surface area (Å²) in [4.78, 5) is 39.7. The maximum atomic E-state index is 13.1. The fraction of sp³-hybridized carbons (Fsp3) is 0.760. The fourth-order valence-electron chi connectivity index (χ4n) is 6.85. The van der Waals surface area contributed by atoms with Crippen LogP contribution in [-0.4, -0.2) is 108 Å². The lowest BCUT2D eigenvalue weighted by molar-refractivity contribution is -0.139. The smallest absolute Gasteiger partial charge is 0.410 e. The first kappa shape index (κ1) is 27.1. The number of sulfonamides is 1. The molecule has 1 saturated carbocycles. The molecule has 1 aromatic heterocycles. The third kappa shape index (κ3) is 6.04. The summed E-state index contributed by atoms with van der Waals surface area (Å²) in [5.41, 5.74) is 0. The minimum atomic E-state index is -3.60. The Labute approximate surface area is 223 Å². The third-order valence-corrected chi connectivity index (χ3v) is 9.37. The Morgan fingerprint density at radius 2 is 1.84 bits per heavy atom. The predicted molar refractivity (Wildman–Crippen MR) is 139 cm³/mol. The average Bonchev–Trinajstić information content (AvgIpc) is 3.24. The molecule has 0 spiro atoms. The quantitative estimate of drug-likeness (QED) is 0.486. The molecule has 4 fully saturated rings. The van der Waals surface area contributed by atoms with Gasteiger partial charge in [0, 0.05) is 31.4 Å². The molecule has 0 aromatic carbocycles. The molecule has 2 N–H and O–H groups in total. The van der Waals surface area contributed by atoms with Crippen LogP contribution in [0.3, 0.4) is 0 Å². The summed E-state index contributed by atoms with van der Waals surface area (Å²) in [6, 6.07) is 1.22. The van der Waals surface area contributed by atoms with Crippen molar-refractivity contribution in [3.8, 4) is 0 Å². The number of nitrogens with one attached hydrogen (secondary N) is 1. The molecular formula is C25H38N6O6S. The zero-order valence-electron chi connectivity index (χ0n) is 21.8. The molecule has 4 atom stereocenters. The lowest BCUT2D eigenvalue weighted by Crippen LogP contribution is -2.56. The van der Waals surface area contributed by atoms with E-state index < -0.39 is 22.0 Å². The van der Waals surface area contributed by atoms with Crippen molar-refractivity contribution in [2.24, 2.45) is 5.92 Å². The summed E-state index contributed by atoms with van der Waals surface area (Å²) in [5.74, 6) is -0.0965. The second-order valence-corrected chi connectivity index (χ2v) is 12.9. The number of nitrogens with zero attached hydrogens (tertiary/aromatic N) is 5. The summed E-state index contributed by atoms with van der Waals surface area (Å²) >= 11 is 0. The van der Waals surface area contributed by atoms with Gasteiger partial charge in [0.25, 0.3) is 0 Å². The van der Waals surface area contributed by atoms with Gasteiger partial charge in [0.15, 0.2) is 0 Å². The molecule has 38 heavy (non-hydrogen) atoms. The number of amides is 1. The van der Waals surface area contributed by atoms with Gasteiger partial charge < -0.3 is 14.7 Å². The fourth-order valence-corrected chi connectivity index (χ4v) is 7.57. The van der Waals surface area contributed by atoms with E-state index in [4.69, 9.17) is 4.74 Å². The predicted octanol–water partition coefficient (Wildman–Crippen LogP) is 1.29. The van der Waals surface area contributed by atoms with Gasteiger partial charge in [0.05, 0.1) is 12.3 Å². The average molecular weight is 551 g/mol. The molecule has 4 aliphatic rings. The summed E-state index contributed by atoms with van der Waals surface area (Å²) in [6.07, 6.45) is 10.6. The Morgan fingerprint density at radius 1 is 1.13 bits per heavy atom. The molecular weight excluding hydrogens is 512 g/mol. The monoisotopic (exact) mass is 550 g/mol. The van der Waals surface area contributed by atoms with Crippen molar-refractivity contribution in [1.82, 2.24) is 24.5 Å². The molecule has 3 saturated heterocycles. The Balaban J connectivity index is 1.16. The highest BCUT2D eigenvalue weighted by Gasteiger charge is 2.51. The van der Waals surface area contributed by atoms with Gasteiger partial charge in [-0.05, 0) is 76.4 Å². The van der Waals surface area contributed by atoms with E-state index >= 15 is 0 Å². The van der Waals surface area contributed by atoms with Gasteiger partial charge in [-0.2, -0.15) is 0 Å². The largest absolute Gasteiger partial charge is 0.480 e. The van der Waals surface area contributed by atoms with Gasteiger partial charge in [-0.3, -0.25) is 14.6 Å². The van der Waals surface area contributed by atoms with Crippen molar-refractivity contribution >= 4 is 27.9 Å². The van der Waals surface area contributed by atoms with Crippen molar-refractivity contribution in [2.45, 2.75) is 81.6 Å². The van der Waals surface area contributed by atoms with Gasteiger partial charge in [-0.1, -0.05) is 0 Å². The van der Waals surface area contributed by atoms with Crippen LogP contribution in [0.25, 0.3) is 0 Å². The summed E-state index contributed by atoms with van der Waals surface area (Å²) in [6.45, 7) is 3.26. The van der Waals surface area contributed by atoms with Gasteiger partial charge in [0.1, 0.15) is 24.3 Å². The highest BCUT2D eigenvalue weighted by molar-refractivity contribution is 7.88. The first-order valence-electron chi connectivity index (χ1n) is 13.6. The minimum absolute atomic E-state index is 0.0879. The van der Waals surface area contributed by atoms with E-state index in [0.717, 1.165) is 83.2 Å². The Bertz CT molecular complexity index is 1090. The van der Waals surface area contributed by atoms with Crippen LogP contribution in [0.1, 0.15) is 51.4 Å². The molecule has 0 radical (unpaired) electrons. The normalized spacial score (nSPS) is 28.7. The van der Waals surface area contributed by atoms with Gasteiger partial charge in [-0.25, -0.2) is 27.9 Å². The number of carbonyl (C=O) groups excluding carboxylic acids is 1. The maximum Gasteiger partial charge on any atom is 0.410 e. The number of aliphatic carboxylic acids is 1.